The maximum absolute atomic E-state index is 6.60. The van der Waals surface area contributed by atoms with E-state index in [-0.39, 0.29) is 0 Å². The molecule has 0 spiro atoms. The SMILES string of the molecule is C#Cc1ccccc1O[Si](C(C)C)(C(C)C)C(C)C. The second-order valence-corrected chi connectivity index (χ2v) is 11.4. The number of terminal acetylenes is 1. The van der Waals surface area contributed by atoms with Crippen LogP contribution >= 0.6 is 0 Å². The van der Waals surface area contributed by atoms with Crippen LogP contribution in [0.2, 0.25) is 16.6 Å². The lowest BCUT2D eigenvalue weighted by Crippen LogP contribution is -2.50. The van der Waals surface area contributed by atoms with E-state index in [0.29, 0.717) is 16.6 Å². The molecule has 2 heteroatoms. The molecule has 0 unspecified atom stereocenters. The predicted octanol–water partition coefficient (Wildman–Crippen LogP) is 5.22. The van der Waals surface area contributed by atoms with Crippen LogP contribution in [0.1, 0.15) is 47.1 Å². The molecular formula is C17H26OSi. The third-order valence-electron chi connectivity index (χ3n) is 4.04. The summed E-state index contributed by atoms with van der Waals surface area (Å²) in [5.41, 5.74) is 2.52. The zero-order valence-corrected chi connectivity index (χ0v) is 14.0. The first-order chi connectivity index (χ1) is 8.86. The van der Waals surface area contributed by atoms with E-state index >= 15 is 0 Å². The van der Waals surface area contributed by atoms with E-state index in [0.717, 1.165) is 11.3 Å². The summed E-state index contributed by atoms with van der Waals surface area (Å²) in [6.45, 7) is 13.7. The summed E-state index contributed by atoms with van der Waals surface area (Å²) in [6, 6.07) is 7.92. The minimum Gasteiger partial charge on any atom is -0.542 e. The van der Waals surface area contributed by atoms with E-state index < -0.39 is 8.32 Å². The Labute approximate surface area is 119 Å². The standard InChI is InChI=1S/C17H26OSi/c1-8-16-11-9-10-12-17(16)18-19(13(2)3,14(4)5)15(6)7/h1,9-15H,2-7H3. The lowest BCUT2D eigenvalue weighted by molar-refractivity contribution is 0.478. The lowest BCUT2D eigenvalue weighted by atomic mass is 10.2. The van der Waals surface area contributed by atoms with Crippen molar-refractivity contribution < 1.29 is 4.43 Å². The molecule has 1 aromatic carbocycles. The van der Waals surface area contributed by atoms with E-state index in [2.05, 4.69) is 47.5 Å². The van der Waals surface area contributed by atoms with Crippen molar-refractivity contribution in [3.63, 3.8) is 0 Å². The first-order valence-corrected chi connectivity index (χ1v) is 9.24. The Hall–Kier alpha value is -1.20. The molecule has 0 fully saturated rings. The van der Waals surface area contributed by atoms with Crippen molar-refractivity contribution in [2.45, 2.75) is 58.2 Å². The Bertz CT molecular complexity index is 433. The van der Waals surface area contributed by atoms with Gasteiger partial charge < -0.3 is 4.43 Å². The maximum Gasteiger partial charge on any atom is 0.258 e. The molecule has 0 bridgehead atoms. The molecule has 0 saturated carbocycles. The number of rotatable bonds is 5. The monoisotopic (exact) mass is 274 g/mol. The van der Waals surface area contributed by atoms with Gasteiger partial charge in [-0.25, -0.2) is 0 Å². The second kappa shape index (κ2) is 6.30. The van der Waals surface area contributed by atoms with E-state index in [9.17, 15) is 0 Å². The highest BCUT2D eigenvalue weighted by Gasteiger charge is 2.47. The first kappa shape index (κ1) is 15.9. The van der Waals surface area contributed by atoms with Gasteiger partial charge in [0.1, 0.15) is 5.75 Å². The quantitative estimate of drug-likeness (QED) is 0.528. The highest BCUT2D eigenvalue weighted by molar-refractivity contribution is 6.78. The zero-order valence-electron chi connectivity index (χ0n) is 13.0. The summed E-state index contributed by atoms with van der Waals surface area (Å²) >= 11 is 0. The van der Waals surface area contributed by atoms with E-state index in [4.69, 9.17) is 10.8 Å². The molecule has 1 rings (SSSR count). The van der Waals surface area contributed by atoms with Crippen molar-refractivity contribution in [3.05, 3.63) is 29.8 Å². The van der Waals surface area contributed by atoms with Gasteiger partial charge in [0.2, 0.25) is 0 Å². The van der Waals surface area contributed by atoms with Gasteiger partial charge >= 0.3 is 0 Å². The highest BCUT2D eigenvalue weighted by atomic mass is 28.4. The smallest absolute Gasteiger partial charge is 0.258 e. The molecule has 0 atom stereocenters. The van der Waals surface area contributed by atoms with Gasteiger partial charge in [-0.05, 0) is 28.8 Å². The summed E-state index contributed by atoms with van der Waals surface area (Å²) in [7, 11) is -1.91. The van der Waals surface area contributed by atoms with E-state index in [1.165, 1.54) is 0 Å². The van der Waals surface area contributed by atoms with Crippen LogP contribution in [0.5, 0.6) is 5.75 Å². The van der Waals surface area contributed by atoms with Crippen LogP contribution in [0, 0.1) is 12.3 Å². The van der Waals surface area contributed by atoms with Crippen molar-refractivity contribution in [3.8, 4) is 18.1 Å². The molecule has 0 radical (unpaired) electrons. The average molecular weight is 274 g/mol. The van der Waals surface area contributed by atoms with Crippen LogP contribution in [0.4, 0.5) is 0 Å². The van der Waals surface area contributed by atoms with Crippen LogP contribution in [0.25, 0.3) is 0 Å². The van der Waals surface area contributed by atoms with Gasteiger partial charge in [-0.1, -0.05) is 59.6 Å². The summed E-state index contributed by atoms with van der Waals surface area (Å²) < 4.78 is 6.60. The van der Waals surface area contributed by atoms with Crippen molar-refractivity contribution in [1.29, 1.82) is 0 Å². The Morgan fingerprint density at radius 2 is 1.42 bits per heavy atom. The third-order valence-corrected chi connectivity index (χ3v) is 10.0. The largest absolute Gasteiger partial charge is 0.542 e. The van der Waals surface area contributed by atoms with Crippen LogP contribution < -0.4 is 4.43 Å². The van der Waals surface area contributed by atoms with Crippen LogP contribution in [0.3, 0.4) is 0 Å². The molecule has 0 aliphatic rings. The van der Waals surface area contributed by atoms with Crippen molar-refractivity contribution in [2.24, 2.45) is 0 Å². The summed E-state index contributed by atoms with van der Waals surface area (Å²) in [5.74, 6) is 3.61. The highest BCUT2D eigenvalue weighted by Crippen LogP contribution is 2.43. The van der Waals surface area contributed by atoms with Gasteiger partial charge in [0.25, 0.3) is 8.32 Å². The molecule has 1 aromatic rings. The van der Waals surface area contributed by atoms with Crippen LogP contribution in [-0.4, -0.2) is 8.32 Å². The number of hydrogen-bond donors (Lipinski definition) is 0. The molecule has 104 valence electrons. The fourth-order valence-electron chi connectivity index (χ4n) is 3.22. The molecule has 0 aliphatic carbocycles. The van der Waals surface area contributed by atoms with Gasteiger partial charge in [0, 0.05) is 0 Å². The van der Waals surface area contributed by atoms with Crippen LogP contribution in [0.15, 0.2) is 24.3 Å². The maximum atomic E-state index is 6.60. The summed E-state index contributed by atoms with van der Waals surface area (Å²) in [4.78, 5) is 0. The Morgan fingerprint density at radius 1 is 0.947 bits per heavy atom. The molecule has 0 heterocycles. The van der Waals surface area contributed by atoms with Crippen molar-refractivity contribution in [1.82, 2.24) is 0 Å². The van der Waals surface area contributed by atoms with Crippen molar-refractivity contribution >= 4 is 8.32 Å². The third kappa shape index (κ3) is 3.04. The number of para-hydroxylation sites is 1. The molecule has 0 N–H and O–H groups in total. The topological polar surface area (TPSA) is 9.23 Å². The number of benzene rings is 1. The van der Waals surface area contributed by atoms with Gasteiger partial charge in [0.05, 0.1) is 5.56 Å². The number of hydrogen-bond acceptors (Lipinski definition) is 1. The fraction of sp³-hybridized carbons (Fsp3) is 0.529. The molecular weight excluding hydrogens is 248 g/mol. The van der Waals surface area contributed by atoms with Gasteiger partial charge in [0.15, 0.2) is 0 Å². The first-order valence-electron chi connectivity index (χ1n) is 7.10. The molecule has 19 heavy (non-hydrogen) atoms. The Kier molecular flexibility index (Phi) is 5.26. The minimum absolute atomic E-state index is 0.554. The van der Waals surface area contributed by atoms with Gasteiger partial charge in [-0.2, -0.15) is 0 Å². The molecule has 0 aliphatic heterocycles. The summed E-state index contributed by atoms with van der Waals surface area (Å²) in [6.07, 6.45) is 5.58. The van der Waals surface area contributed by atoms with Gasteiger partial charge in [-0.15, -0.1) is 6.42 Å². The zero-order chi connectivity index (χ0) is 14.6. The second-order valence-electron chi connectivity index (χ2n) is 6.06. The molecule has 0 aromatic heterocycles. The molecule has 0 amide bonds. The van der Waals surface area contributed by atoms with Crippen LogP contribution in [-0.2, 0) is 0 Å². The lowest BCUT2D eigenvalue weighted by Gasteiger charge is -2.42. The molecule has 1 nitrogen and oxygen atoms in total. The normalized spacial score (nSPS) is 12.0. The van der Waals surface area contributed by atoms with E-state index in [1.54, 1.807) is 0 Å². The molecule has 0 saturated heterocycles. The average Bonchev–Trinajstić information content (AvgIpc) is 2.34. The predicted molar refractivity (Wildman–Crippen MR) is 86.1 cm³/mol. The summed E-state index contributed by atoms with van der Waals surface area (Å²) in [5, 5.41) is 0. The van der Waals surface area contributed by atoms with Crippen molar-refractivity contribution in [2.75, 3.05) is 0 Å². The minimum atomic E-state index is -1.91. The van der Waals surface area contributed by atoms with Gasteiger partial charge in [-0.3, -0.25) is 0 Å². The Balaban J connectivity index is 3.26. The van der Waals surface area contributed by atoms with E-state index in [1.807, 2.05) is 24.3 Å². The fourth-order valence-corrected chi connectivity index (χ4v) is 8.48. The Morgan fingerprint density at radius 3 is 1.84 bits per heavy atom.